The monoisotopic (exact) mass is 988 g/mol. The molecule has 0 bridgehead atoms. The molecule has 4 rings (SSSR count). The third-order valence-corrected chi connectivity index (χ3v) is 13.1. The van der Waals surface area contributed by atoms with Gasteiger partial charge in [0.25, 0.3) is 6.08 Å². The van der Waals surface area contributed by atoms with Crippen LogP contribution in [-0.4, -0.2) is 48.3 Å². The summed E-state index contributed by atoms with van der Waals surface area (Å²) in [6.07, 6.45) is -3.49. The van der Waals surface area contributed by atoms with E-state index in [1.54, 1.807) is 27.7 Å². The van der Waals surface area contributed by atoms with Crippen LogP contribution in [0.5, 0.6) is 0 Å². The fourth-order valence-corrected chi connectivity index (χ4v) is 9.76. The zero-order valence-electron chi connectivity index (χ0n) is 29.4. The van der Waals surface area contributed by atoms with Crippen molar-refractivity contribution in [2.24, 2.45) is 10.3 Å². The lowest BCUT2D eigenvalue weighted by atomic mass is 10.1. The van der Waals surface area contributed by atoms with Crippen LogP contribution in [0.4, 0.5) is 35.1 Å². The van der Waals surface area contributed by atoms with E-state index in [1.807, 2.05) is 13.8 Å². The molecule has 8 nitrogen and oxygen atoms in total. The molecule has 2 aliphatic heterocycles. The maximum Gasteiger partial charge on any atom is 0.302 e. The second kappa shape index (κ2) is 19.9. The summed E-state index contributed by atoms with van der Waals surface area (Å²) in [4.78, 5) is 7.22. The summed E-state index contributed by atoms with van der Waals surface area (Å²) in [5.74, 6) is -4.59. The van der Waals surface area contributed by atoms with Gasteiger partial charge in [-0.05, 0) is 74.0 Å². The first-order valence-electron chi connectivity index (χ1n) is 15.5. The molecular weight excluding hydrogens is 955 g/mol. The standard InChI is InChI=1S/C15H14ClF4NO3S.C12H12ClF2NO3S.C3H4Br2F2.C2H6/c1-14(2)8-12(21-24-14)25(22,23)15(16,7-6-11(19)20)13-9(17)4-3-5-10(13)18;1-12(2)6-9(16-19-12)20(17,18)11(13)10-7(14)4-3-5-8(10)15;4-2-1-3(5,6)7;1-2/h3-6H,7-8H2,1-2H3;3-5,11H,6H2,1-2H3;1-2H2;1-2H3. The molecule has 2 unspecified atom stereocenters. The summed E-state index contributed by atoms with van der Waals surface area (Å²) in [5, 5.41) is 6.34. The van der Waals surface area contributed by atoms with Gasteiger partial charge in [-0.2, -0.15) is 17.6 Å². The van der Waals surface area contributed by atoms with Crippen LogP contribution in [0.25, 0.3) is 0 Å². The van der Waals surface area contributed by atoms with Crippen LogP contribution < -0.4 is 0 Å². The van der Waals surface area contributed by atoms with Gasteiger partial charge in [0.2, 0.25) is 19.7 Å². The van der Waals surface area contributed by atoms with Crippen LogP contribution >= 0.6 is 55.1 Å². The minimum absolute atomic E-state index is 0.00533. The molecule has 0 aliphatic carbocycles. The number of halogens is 12. The third-order valence-electron chi connectivity index (χ3n) is 6.74. The second-order valence-corrected chi connectivity index (χ2v) is 19.8. The van der Waals surface area contributed by atoms with Crippen LogP contribution in [-0.2, 0) is 33.6 Å². The van der Waals surface area contributed by atoms with Crippen molar-refractivity contribution in [3.63, 3.8) is 0 Å². The lowest BCUT2D eigenvalue weighted by Gasteiger charge is -2.27. The van der Waals surface area contributed by atoms with Gasteiger partial charge in [0.15, 0.2) is 19.0 Å². The minimum atomic E-state index is -4.73. The van der Waals surface area contributed by atoms with E-state index in [4.69, 9.17) is 32.9 Å². The van der Waals surface area contributed by atoms with E-state index in [2.05, 4.69) is 42.2 Å². The molecule has 0 saturated carbocycles. The lowest BCUT2D eigenvalue weighted by Crippen LogP contribution is -2.37. The average molecular weight is 991 g/mol. The van der Waals surface area contributed by atoms with Crippen molar-refractivity contribution in [2.45, 2.75) is 92.2 Å². The molecule has 2 aliphatic rings. The van der Waals surface area contributed by atoms with Gasteiger partial charge in [-0.3, -0.25) is 0 Å². The number of hydrogen-bond acceptors (Lipinski definition) is 8. The number of allylic oxidation sites excluding steroid dienone is 1. The zero-order valence-corrected chi connectivity index (χ0v) is 35.7. The molecular formula is C32H36Br2Cl2F8N2O6S2. The predicted molar refractivity (Wildman–Crippen MR) is 200 cm³/mol. The highest BCUT2D eigenvalue weighted by molar-refractivity contribution is 9.10. The molecule has 0 spiro atoms. The average Bonchev–Trinajstić information content (AvgIpc) is 3.62. The maximum absolute atomic E-state index is 14.2. The fourth-order valence-electron chi connectivity index (χ4n) is 4.21. The van der Waals surface area contributed by atoms with E-state index < -0.39 is 96.6 Å². The molecule has 306 valence electrons. The maximum atomic E-state index is 14.2. The van der Waals surface area contributed by atoms with E-state index in [9.17, 15) is 52.0 Å². The molecule has 2 aromatic carbocycles. The van der Waals surface area contributed by atoms with Gasteiger partial charge in [-0.25, -0.2) is 34.4 Å². The summed E-state index contributed by atoms with van der Waals surface area (Å²) in [5.41, 5.74) is -3.51. The number of sulfone groups is 2. The fraction of sp³-hybridized carbons (Fsp3) is 0.500. The molecule has 0 radical (unpaired) electrons. The Morgan fingerprint density at radius 1 is 0.870 bits per heavy atom. The first kappa shape index (κ1) is 50.0. The van der Waals surface area contributed by atoms with Crippen molar-refractivity contribution >= 4 is 84.8 Å². The second-order valence-electron chi connectivity index (χ2n) is 12.1. The van der Waals surface area contributed by atoms with Gasteiger partial charge in [-0.15, -0.1) is 0 Å². The molecule has 0 fully saturated rings. The number of benzene rings is 2. The van der Waals surface area contributed by atoms with E-state index in [1.165, 1.54) is 0 Å². The molecule has 22 heteroatoms. The molecule has 0 amide bonds. The number of rotatable bonds is 8. The molecule has 54 heavy (non-hydrogen) atoms. The van der Waals surface area contributed by atoms with Gasteiger partial charge >= 0.3 is 4.83 Å². The van der Waals surface area contributed by atoms with Crippen molar-refractivity contribution in [1.82, 2.24) is 0 Å². The van der Waals surface area contributed by atoms with E-state index in [-0.39, 0.29) is 30.4 Å². The topological polar surface area (TPSA) is 111 Å². The number of oxime groups is 2. The SMILES string of the molecule is CC.CC1(C)CC(S(=O)(=O)C(Cl)(CC=C(F)F)c2c(F)cccc2F)=NO1.CC1(C)CC(S(=O)(=O)C(Cl)c2c(F)cccc2F)=NO1.FC(F)(Br)CCBr. The quantitative estimate of drug-likeness (QED) is 0.192. The van der Waals surface area contributed by atoms with Gasteiger partial charge in [0.1, 0.15) is 34.5 Å². The van der Waals surface area contributed by atoms with Crippen LogP contribution in [0.15, 0.2) is 58.9 Å². The van der Waals surface area contributed by atoms with Crippen molar-refractivity contribution in [3.8, 4) is 0 Å². The zero-order chi connectivity index (χ0) is 42.1. The van der Waals surface area contributed by atoms with Gasteiger partial charge < -0.3 is 9.68 Å². The smallest absolute Gasteiger partial charge is 0.302 e. The Labute approximate surface area is 335 Å². The summed E-state index contributed by atoms with van der Waals surface area (Å²) in [7, 11) is -8.93. The first-order chi connectivity index (χ1) is 24.6. The lowest BCUT2D eigenvalue weighted by molar-refractivity contribution is 0.0120. The van der Waals surface area contributed by atoms with Crippen molar-refractivity contribution in [1.29, 1.82) is 0 Å². The van der Waals surface area contributed by atoms with Crippen LogP contribution in [0.2, 0.25) is 0 Å². The Bertz CT molecular complexity index is 1890. The highest BCUT2D eigenvalue weighted by atomic mass is 79.9. The molecule has 2 aromatic rings. The van der Waals surface area contributed by atoms with Gasteiger partial charge in [0, 0.05) is 31.0 Å². The number of alkyl halides is 6. The minimum Gasteiger partial charge on any atom is -0.389 e. The largest absolute Gasteiger partial charge is 0.389 e. The Balaban J connectivity index is 0.000000448. The summed E-state index contributed by atoms with van der Waals surface area (Å²) >= 11 is 16.9. The third kappa shape index (κ3) is 13.3. The molecule has 0 aromatic heterocycles. The predicted octanol–water partition coefficient (Wildman–Crippen LogP) is 11.4. The first-order valence-corrected chi connectivity index (χ1v) is 21.2. The number of hydrogen-bond donors (Lipinski definition) is 0. The van der Waals surface area contributed by atoms with Crippen LogP contribution in [0.1, 0.15) is 83.1 Å². The van der Waals surface area contributed by atoms with E-state index in [0.717, 1.165) is 36.4 Å². The highest BCUT2D eigenvalue weighted by Gasteiger charge is 2.52. The Hall–Kier alpha value is -2.00. The Kier molecular flexibility index (Phi) is 18.5. The highest BCUT2D eigenvalue weighted by Crippen LogP contribution is 2.45. The van der Waals surface area contributed by atoms with E-state index >= 15 is 0 Å². The van der Waals surface area contributed by atoms with Crippen molar-refractivity contribution < 1.29 is 61.6 Å². The summed E-state index contributed by atoms with van der Waals surface area (Å²) in [6.45, 7) is 10.4. The normalized spacial score (nSPS) is 17.6. The molecule has 0 N–H and O–H groups in total. The molecule has 2 atom stereocenters. The Morgan fingerprint density at radius 3 is 1.61 bits per heavy atom. The Morgan fingerprint density at radius 2 is 1.28 bits per heavy atom. The van der Waals surface area contributed by atoms with Gasteiger partial charge in [-0.1, -0.05) is 75.4 Å². The number of nitrogens with zero attached hydrogens (tertiary/aromatic N) is 2. The van der Waals surface area contributed by atoms with Crippen molar-refractivity contribution in [2.75, 3.05) is 5.33 Å². The van der Waals surface area contributed by atoms with Crippen molar-refractivity contribution in [3.05, 3.63) is 83.0 Å². The van der Waals surface area contributed by atoms with Crippen LogP contribution in [0.3, 0.4) is 0 Å². The summed E-state index contributed by atoms with van der Waals surface area (Å²) in [6, 6.07) is 5.60. The van der Waals surface area contributed by atoms with Gasteiger partial charge in [0.05, 0.1) is 11.1 Å². The molecule has 2 heterocycles. The molecule has 0 saturated heterocycles. The summed E-state index contributed by atoms with van der Waals surface area (Å²) < 4.78 is 149. The van der Waals surface area contributed by atoms with Crippen LogP contribution in [0, 0.1) is 23.3 Å². The van der Waals surface area contributed by atoms with E-state index in [0.29, 0.717) is 5.33 Å².